The fourth-order valence-electron chi connectivity index (χ4n) is 2.75. The van der Waals surface area contributed by atoms with E-state index in [-0.39, 0.29) is 11.8 Å². The third-order valence-corrected chi connectivity index (χ3v) is 3.97. The Bertz CT molecular complexity index is 518. The van der Waals surface area contributed by atoms with E-state index in [1.54, 1.807) is 0 Å². The van der Waals surface area contributed by atoms with Gasteiger partial charge >= 0.3 is 0 Å². The lowest BCUT2D eigenvalue weighted by Gasteiger charge is -2.27. The Labute approximate surface area is 127 Å². The van der Waals surface area contributed by atoms with Crippen molar-refractivity contribution in [3.05, 3.63) is 41.5 Å². The van der Waals surface area contributed by atoms with Crippen LogP contribution >= 0.6 is 0 Å². The molecule has 3 nitrogen and oxygen atoms in total. The quantitative estimate of drug-likeness (QED) is 0.780. The summed E-state index contributed by atoms with van der Waals surface area (Å²) in [6, 6.07) is 8.59. The van der Waals surface area contributed by atoms with Crippen LogP contribution in [0.1, 0.15) is 51.5 Å². The lowest BCUT2D eigenvalue weighted by molar-refractivity contribution is -0.116. The fraction of sp³-hybridized carbons (Fsp3) is 0.500. The molecule has 3 heteroatoms. The summed E-state index contributed by atoms with van der Waals surface area (Å²) in [6.07, 6.45) is 5.09. The first-order valence-electron chi connectivity index (χ1n) is 7.81. The summed E-state index contributed by atoms with van der Waals surface area (Å²) in [4.78, 5) is 11.8. The van der Waals surface area contributed by atoms with Gasteiger partial charge in [-0.3, -0.25) is 4.79 Å². The molecule has 1 aromatic carbocycles. The van der Waals surface area contributed by atoms with Crippen LogP contribution < -0.4 is 10.6 Å². The van der Waals surface area contributed by atoms with Crippen molar-refractivity contribution in [3.63, 3.8) is 0 Å². The number of nitrogens with one attached hydrogen (secondary N) is 2. The fourth-order valence-corrected chi connectivity index (χ4v) is 2.75. The maximum Gasteiger partial charge on any atom is 0.225 e. The van der Waals surface area contributed by atoms with E-state index in [9.17, 15) is 4.79 Å². The monoisotopic (exact) mass is 286 g/mol. The van der Waals surface area contributed by atoms with E-state index in [2.05, 4.69) is 43.5 Å². The molecule has 2 rings (SSSR count). The van der Waals surface area contributed by atoms with Crippen LogP contribution in [-0.4, -0.2) is 18.5 Å². The third kappa shape index (κ3) is 4.71. The minimum absolute atomic E-state index is 0.123. The van der Waals surface area contributed by atoms with Gasteiger partial charge in [-0.1, -0.05) is 29.8 Å². The van der Waals surface area contributed by atoms with E-state index in [0.717, 1.165) is 25.1 Å². The van der Waals surface area contributed by atoms with Gasteiger partial charge in [0.25, 0.3) is 0 Å². The second kappa shape index (κ2) is 7.41. The number of hydrogen-bond acceptors (Lipinski definition) is 2. The molecular formula is C18H26N2O. The first-order chi connectivity index (χ1) is 10.1. The number of rotatable bonds is 6. The van der Waals surface area contributed by atoms with Crippen molar-refractivity contribution in [3.8, 4) is 0 Å². The summed E-state index contributed by atoms with van der Waals surface area (Å²) in [5.74, 6) is 0.401. The molecule has 1 aliphatic heterocycles. The van der Waals surface area contributed by atoms with Crippen molar-refractivity contribution in [2.75, 3.05) is 11.9 Å². The molecule has 0 saturated heterocycles. The highest BCUT2D eigenvalue weighted by Gasteiger charge is 2.24. The molecular weight excluding hydrogens is 260 g/mol. The normalized spacial score (nSPS) is 18.6. The zero-order valence-electron chi connectivity index (χ0n) is 13.3. The number of anilines is 1. The Morgan fingerprint density at radius 1 is 1.43 bits per heavy atom. The minimum Gasteiger partial charge on any atom is -0.326 e. The number of amides is 1. The molecule has 114 valence electrons. The van der Waals surface area contributed by atoms with Gasteiger partial charge in [0.1, 0.15) is 0 Å². The smallest absolute Gasteiger partial charge is 0.225 e. The van der Waals surface area contributed by atoms with E-state index in [1.165, 1.54) is 11.1 Å². The molecule has 0 unspecified atom stereocenters. The van der Waals surface area contributed by atoms with Crippen molar-refractivity contribution in [2.45, 2.75) is 52.0 Å². The van der Waals surface area contributed by atoms with Gasteiger partial charge in [0.15, 0.2) is 0 Å². The number of para-hydroxylation sites is 1. The van der Waals surface area contributed by atoms with Gasteiger partial charge < -0.3 is 10.6 Å². The van der Waals surface area contributed by atoms with Gasteiger partial charge in [-0.05, 0) is 45.2 Å². The maximum atomic E-state index is 11.8. The van der Waals surface area contributed by atoms with Crippen LogP contribution in [0.25, 0.3) is 0 Å². The molecule has 0 saturated carbocycles. The topological polar surface area (TPSA) is 41.1 Å². The second-order valence-electron chi connectivity index (χ2n) is 6.20. The Hall–Kier alpha value is -1.61. The van der Waals surface area contributed by atoms with Crippen molar-refractivity contribution >= 4 is 11.6 Å². The lowest BCUT2D eigenvalue weighted by Crippen LogP contribution is -2.34. The largest absolute Gasteiger partial charge is 0.326 e. The first kappa shape index (κ1) is 15.8. The predicted octanol–water partition coefficient (Wildman–Crippen LogP) is 3.84. The first-order valence-corrected chi connectivity index (χ1v) is 7.81. The van der Waals surface area contributed by atoms with Crippen LogP contribution in [0.3, 0.4) is 0 Å². The summed E-state index contributed by atoms with van der Waals surface area (Å²) < 4.78 is 0. The van der Waals surface area contributed by atoms with E-state index in [4.69, 9.17) is 0 Å². The summed E-state index contributed by atoms with van der Waals surface area (Å²) in [7, 11) is 0. The molecule has 1 amide bonds. The van der Waals surface area contributed by atoms with Gasteiger partial charge in [-0.15, -0.1) is 0 Å². The molecule has 21 heavy (non-hydrogen) atoms. The molecule has 2 atom stereocenters. The number of carbonyl (C=O) groups excluding carboxylic acids is 1. The number of benzene rings is 1. The molecule has 1 heterocycles. The van der Waals surface area contributed by atoms with Crippen molar-refractivity contribution in [1.82, 2.24) is 5.32 Å². The van der Waals surface area contributed by atoms with Crippen LogP contribution in [0.4, 0.5) is 5.69 Å². The van der Waals surface area contributed by atoms with Crippen LogP contribution in [-0.2, 0) is 4.79 Å². The molecule has 2 N–H and O–H groups in total. The Kier molecular flexibility index (Phi) is 5.57. The van der Waals surface area contributed by atoms with Gasteiger partial charge in [0.2, 0.25) is 5.91 Å². The van der Waals surface area contributed by atoms with E-state index in [1.807, 2.05) is 18.2 Å². The van der Waals surface area contributed by atoms with Gasteiger partial charge in [0, 0.05) is 30.6 Å². The highest BCUT2D eigenvalue weighted by molar-refractivity contribution is 5.94. The van der Waals surface area contributed by atoms with E-state index < -0.39 is 0 Å². The Morgan fingerprint density at radius 3 is 2.95 bits per heavy atom. The minimum atomic E-state index is 0.123. The molecule has 0 aromatic heterocycles. The zero-order chi connectivity index (χ0) is 15.2. The molecule has 0 bridgehead atoms. The Balaban J connectivity index is 1.88. The lowest BCUT2D eigenvalue weighted by atomic mass is 9.90. The SMILES string of the molecule is CC(C)=CCC[C@@H](C)NC[C@@H]1CC(=O)Nc2ccccc21. The predicted molar refractivity (Wildman–Crippen MR) is 88.6 cm³/mol. The molecule has 0 fully saturated rings. The standard InChI is InChI=1S/C18H26N2O/c1-13(2)7-6-8-14(3)19-12-15-11-18(21)20-17-10-5-4-9-16(15)17/h4-5,7,9-10,14-15,19H,6,8,11-12H2,1-3H3,(H,20,21)/t14-,15+/m1/s1. The summed E-state index contributed by atoms with van der Waals surface area (Å²) in [6.45, 7) is 7.35. The van der Waals surface area contributed by atoms with E-state index in [0.29, 0.717) is 12.5 Å². The van der Waals surface area contributed by atoms with Crippen LogP contribution in [0, 0.1) is 0 Å². The summed E-state index contributed by atoms with van der Waals surface area (Å²) >= 11 is 0. The second-order valence-corrected chi connectivity index (χ2v) is 6.20. The highest BCUT2D eigenvalue weighted by atomic mass is 16.1. The maximum absolute atomic E-state index is 11.8. The molecule has 0 aliphatic carbocycles. The third-order valence-electron chi connectivity index (χ3n) is 3.97. The average molecular weight is 286 g/mol. The van der Waals surface area contributed by atoms with Crippen LogP contribution in [0.15, 0.2) is 35.9 Å². The van der Waals surface area contributed by atoms with E-state index >= 15 is 0 Å². The average Bonchev–Trinajstić information content (AvgIpc) is 2.44. The van der Waals surface area contributed by atoms with Crippen molar-refractivity contribution in [1.29, 1.82) is 0 Å². The highest BCUT2D eigenvalue weighted by Crippen LogP contribution is 2.31. The zero-order valence-corrected chi connectivity index (χ0v) is 13.3. The molecule has 1 aliphatic rings. The van der Waals surface area contributed by atoms with Crippen molar-refractivity contribution < 1.29 is 4.79 Å². The molecule has 0 spiro atoms. The molecule has 0 radical (unpaired) electrons. The van der Waals surface area contributed by atoms with Crippen LogP contribution in [0.2, 0.25) is 0 Å². The summed E-state index contributed by atoms with van der Waals surface area (Å²) in [5.41, 5.74) is 3.60. The van der Waals surface area contributed by atoms with Gasteiger partial charge in [-0.25, -0.2) is 0 Å². The number of carbonyl (C=O) groups is 1. The summed E-state index contributed by atoms with van der Waals surface area (Å²) in [5, 5.41) is 6.53. The Morgan fingerprint density at radius 2 is 2.19 bits per heavy atom. The van der Waals surface area contributed by atoms with Crippen molar-refractivity contribution in [2.24, 2.45) is 0 Å². The number of hydrogen-bond donors (Lipinski definition) is 2. The van der Waals surface area contributed by atoms with Gasteiger partial charge in [-0.2, -0.15) is 0 Å². The number of allylic oxidation sites excluding steroid dienone is 2. The molecule has 1 aromatic rings. The van der Waals surface area contributed by atoms with Crippen LogP contribution in [0.5, 0.6) is 0 Å². The number of fused-ring (bicyclic) bond motifs is 1. The van der Waals surface area contributed by atoms with Gasteiger partial charge in [0.05, 0.1) is 0 Å².